The molecule has 1 aliphatic rings. The molecule has 1 unspecified atom stereocenters. The van der Waals surface area contributed by atoms with Crippen LogP contribution in [0.5, 0.6) is 0 Å². The predicted molar refractivity (Wildman–Crippen MR) is 83.8 cm³/mol. The molecule has 0 aromatic heterocycles. The maximum atomic E-state index is 11.0. The first-order chi connectivity index (χ1) is 10.7. The molecule has 4 nitrogen and oxygen atoms in total. The van der Waals surface area contributed by atoms with Crippen molar-refractivity contribution in [3.8, 4) is 0 Å². The van der Waals surface area contributed by atoms with Crippen LogP contribution in [0.3, 0.4) is 0 Å². The van der Waals surface area contributed by atoms with Gasteiger partial charge in [-0.3, -0.25) is 4.90 Å². The van der Waals surface area contributed by atoms with E-state index >= 15 is 0 Å². The van der Waals surface area contributed by atoms with Crippen LogP contribution < -0.4 is 0 Å². The molecule has 1 aliphatic heterocycles. The summed E-state index contributed by atoms with van der Waals surface area (Å²) in [6, 6.07) is 17.3. The van der Waals surface area contributed by atoms with Crippen molar-refractivity contribution in [3.05, 3.63) is 71.3 Å². The maximum Gasteiger partial charge on any atom is 0.335 e. The Morgan fingerprint density at radius 2 is 2.00 bits per heavy atom. The molecule has 4 heteroatoms. The van der Waals surface area contributed by atoms with E-state index < -0.39 is 5.97 Å². The highest BCUT2D eigenvalue weighted by Gasteiger charge is 2.21. The van der Waals surface area contributed by atoms with Gasteiger partial charge in [0.1, 0.15) is 0 Å². The Hall–Kier alpha value is -2.17. The van der Waals surface area contributed by atoms with Gasteiger partial charge in [-0.2, -0.15) is 0 Å². The molecule has 2 aromatic rings. The van der Waals surface area contributed by atoms with E-state index in [4.69, 9.17) is 9.84 Å². The second-order valence-corrected chi connectivity index (χ2v) is 5.51. The molecule has 1 fully saturated rings. The Morgan fingerprint density at radius 1 is 1.18 bits per heavy atom. The zero-order valence-corrected chi connectivity index (χ0v) is 12.3. The summed E-state index contributed by atoms with van der Waals surface area (Å²) in [5.41, 5.74) is 2.55. The Balaban J connectivity index is 1.68. The Kier molecular flexibility index (Phi) is 4.51. The zero-order chi connectivity index (χ0) is 15.4. The number of carbonyl (C=O) groups is 1. The number of carboxylic acid groups (broad SMARTS) is 1. The standard InChI is InChI=1S/C18H19NO3/c20-18(21)16-8-4-5-14(11-16)12-19-9-10-22-17(13-19)15-6-2-1-3-7-15/h1-8,11,17H,9-10,12-13H2,(H,20,21). The fourth-order valence-corrected chi connectivity index (χ4v) is 2.78. The van der Waals surface area contributed by atoms with Crippen molar-refractivity contribution in [2.75, 3.05) is 19.7 Å². The van der Waals surface area contributed by atoms with E-state index in [1.807, 2.05) is 24.3 Å². The number of ether oxygens (including phenoxy) is 1. The van der Waals surface area contributed by atoms with Crippen LogP contribution in [0.15, 0.2) is 54.6 Å². The SMILES string of the molecule is O=C(O)c1cccc(CN2CCOC(c3ccccc3)C2)c1. The highest BCUT2D eigenvalue weighted by molar-refractivity contribution is 5.87. The summed E-state index contributed by atoms with van der Waals surface area (Å²) < 4.78 is 5.86. The van der Waals surface area contributed by atoms with Crippen molar-refractivity contribution in [2.24, 2.45) is 0 Å². The lowest BCUT2D eigenvalue weighted by molar-refractivity contribution is -0.0329. The summed E-state index contributed by atoms with van der Waals surface area (Å²) in [5, 5.41) is 9.07. The molecular formula is C18H19NO3. The van der Waals surface area contributed by atoms with Gasteiger partial charge in [0.15, 0.2) is 0 Å². The average molecular weight is 297 g/mol. The first kappa shape index (κ1) is 14.8. The first-order valence-corrected chi connectivity index (χ1v) is 7.43. The van der Waals surface area contributed by atoms with Gasteiger partial charge in [-0.15, -0.1) is 0 Å². The number of aromatic carboxylic acids is 1. The molecule has 0 radical (unpaired) electrons. The van der Waals surface area contributed by atoms with E-state index in [1.54, 1.807) is 18.2 Å². The number of nitrogens with zero attached hydrogens (tertiary/aromatic N) is 1. The van der Waals surface area contributed by atoms with Crippen LogP contribution in [0.25, 0.3) is 0 Å². The monoisotopic (exact) mass is 297 g/mol. The number of rotatable bonds is 4. The van der Waals surface area contributed by atoms with E-state index in [2.05, 4.69) is 17.0 Å². The van der Waals surface area contributed by atoms with E-state index in [9.17, 15) is 4.79 Å². The second-order valence-electron chi connectivity index (χ2n) is 5.51. The summed E-state index contributed by atoms with van der Waals surface area (Å²) in [6.07, 6.45) is 0.0811. The van der Waals surface area contributed by atoms with Crippen molar-refractivity contribution in [2.45, 2.75) is 12.6 Å². The Morgan fingerprint density at radius 3 is 2.77 bits per heavy atom. The Labute approximate surface area is 130 Å². The maximum absolute atomic E-state index is 11.0. The van der Waals surface area contributed by atoms with Crippen LogP contribution in [-0.2, 0) is 11.3 Å². The van der Waals surface area contributed by atoms with E-state index in [1.165, 1.54) is 5.56 Å². The number of morpholine rings is 1. The molecular weight excluding hydrogens is 278 g/mol. The molecule has 1 N–H and O–H groups in total. The van der Waals surface area contributed by atoms with Crippen LogP contribution in [0, 0.1) is 0 Å². The van der Waals surface area contributed by atoms with Crippen LogP contribution in [0.4, 0.5) is 0 Å². The van der Waals surface area contributed by atoms with Crippen molar-refractivity contribution >= 4 is 5.97 Å². The van der Waals surface area contributed by atoms with E-state index in [0.717, 1.165) is 25.2 Å². The largest absolute Gasteiger partial charge is 0.478 e. The van der Waals surface area contributed by atoms with E-state index in [-0.39, 0.29) is 6.10 Å². The quantitative estimate of drug-likeness (QED) is 0.942. The van der Waals surface area contributed by atoms with Gasteiger partial charge in [0, 0.05) is 19.6 Å². The van der Waals surface area contributed by atoms with Crippen LogP contribution in [-0.4, -0.2) is 35.7 Å². The Bertz CT molecular complexity index is 642. The number of carboxylic acids is 1. The lowest BCUT2D eigenvalue weighted by atomic mass is 10.1. The summed E-state index contributed by atoms with van der Waals surface area (Å²) in [7, 11) is 0. The highest BCUT2D eigenvalue weighted by atomic mass is 16.5. The van der Waals surface area contributed by atoms with Gasteiger partial charge in [0.05, 0.1) is 18.3 Å². The molecule has 0 bridgehead atoms. The van der Waals surface area contributed by atoms with Crippen LogP contribution in [0.2, 0.25) is 0 Å². The molecule has 1 atom stereocenters. The van der Waals surface area contributed by atoms with Gasteiger partial charge in [-0.1, -0.05) is 42.5 Å². The predicted octanol–water partition coefficient (Wildman–Crippen LogP) is 2.96. The fourth-order valence-electron chi connectivity index (χ4n) is 2.78. The van der Waals surface area contributed by atoms with Crippen molar-refractivity contribution < 1.29 is 14.6 Å². The van der Waals surface area contributed by atoms with Crippen LogP contribution in [0.1, 0.15) is 27.6 Å². The number of benzene rings is 2. The summed E-state index contributed by atoms with van der Waals surface area (Å²) in [4.78, 5) is 13.4. The second kappa shape index (κ2) is 6.73. The van der Waals surface area contributed by atoms with Crippen LogP contribution >= 0.6 is 0 Å². The third-order valence-electron chi connectivity index (χ3n) is 3.90. The summed E-state index contributed by atoms with van der Waals surface area (Å²) in [5.74, 6) is -0.883. The molecule has 3 rings (SSSR count). The number of hydrogen-bond acceptors (Lipinski definition) is 3. The molecule has 2 aromatic carbocycles. The van der Waals surface area contributed by atoms with Crippen molar-refractivity contribution in [1.82, 2.24) is 4.90 Å². The van der Waals surface area contributed by atoms with Gasteiger partial charge < -0.3 is 9.84 Å². The van der Waals surface area contributed by atoms with Crippen molar-refractivity contribution in [1.29, 1.82) is 0 Å². The molecule has 0 aliphatic carbocycles. The molecule has 22 heavy (non-hydrogen) atoms. The van der Waals surface area contributed by atoms with Gasteiger partial charge >= 0.3 is 5.97 Å². The molecule has 0 spiro atoms. The van der Waals surface area contributed by atoms with Gasteiger partial charge in [0.2, 0.25) is 0 Å². The smallest absolute Gasteiger partial charge is 0.335 e. The van der Waals surface area contributed by atoms with Gasteiger partial charge in [-0.25, -0.2) is 4.79 Å². The molecule has 1 heterocycles. The number of hydrogen-bond donors (Lipinski definition) is 1. The molecule has 1 saturated heterocycles. The fraction of sp³-hybridized carbons (Fsp3) is 0.278. The lowest BCUT2D eigenvalue weighted by Crippen LogP contribution is -2.37. The molecule has 0 saturated carbocycles. The zero-order valence-electron chi connectivity index (χ0n) is 12.3. The average Bonchev–Trinajstić information content (AvgIpc) is 2.56. The highest BCUT2D eigenvalue weighted by Crippen LogP contribution is 2.23. The third-order valence-corrected chi connectivity index (χ3v) is 3.90. The third kappa shape index (κ3) is 3.53. The van der Waals surface area contributed by atoms with Gasteiger partial charge in [-0.05, 0) is 23.3 Å². The minimum Gasteiger partial charge on any atom is -0.478 e. The molecule has 0 amide bonds. The van der Waals surface area contributed by atoms with Crippen molar-refractivity contribution in [3.63, 3.8) is 0 Å². The summed E-state index contributed by atoms with van der Waals surface area (Å²) in [6.45, 7) is 3.12. The first-order valence-electron chi connectivity index (χ1n) is 7.43. The van der Waals surface area contributed by atoms with E-state index in [0.29, 0.717) is 12.2 Å². The lowest BCUT2D eigenvalue weighted by Gasteiger charge is -2.33. The summed E-state index contributed by atoms with van der Waals surface area (Å²) >= 11 is 0. The molecule has 114 valence electrons. The minimum atomic E-state index is -0.883. The normalized spacial score (nSPS) is 19.0. The minimum absolute atomic E-state index is 0.0811. The topological polar surface area (TPSA) is 49.8 Å². The van der Waals surface area contributed by atoms with Gasteiger partial charge in [0.25, 0.3) is 0 Å².